The molecule has 0 saturated carbocycles. The summed E-state index contributed by atoms with van der Waals surface area (Å²) in [5.41, 5.74) is 0. The van der Waals surface area contributed by atoms with Crippen molar-refractivity contribution in [1.82, 2.24) is 0 Å². The Balaban J connectivity index is 1.80. The largest absolute Gasteiger partial charge is 0.369 e. The van der Waals surface area contributed by atoms with Gasteiger partial charge in [0.2, 0.25) is 0 Å². The molecule has 1 fully saturated rings. The van der Waals surface area contributed by atoms with E-state index in [4.69, 9.17) is 11.2 Å². The first-order valence-corrected chi connectivity index (χ1v) is 5.97. The van der Waals surface area contributed by atoms with Crippen LogP contribution >= 0.6 is 0 Å². The Bertz CT molecular complexity index is 180. The minimum absolute atomic E-state index is 0.399. The highest BCUT2D eigenvalue weighted by Gasteiger charge is 2.36. The lowest BCUT2D eigenvalue weighted by atomic mass is 10.1. The molecule has 0 bridgehead atoms. The lowest BCUT2D eigenvalue weighted by molar-refractivity contribution is 0.359. The first-order valence-electron chi connectivity index (χ1n) is 5.97. The van der Waals surface area contributed by atoms with Gasteiger partial charge in [-0.3, -0.25) is 0 Å². The monoisotopic (exact) mass is 194 g/mol. The molecule has 2 atom stereocenters. The Hall–Kier alpha value is -0.480. The lowest BCUT2D eigenvalue weighted by Gasteiger charge is -1.98. The molecule has 0 radical (unpaired) electrons. The zero-order chi connectivity index (χ0) is 10.2. The molecule has 0 aromatic rings. The average Bonchev–Trinajstić information content (AvgIpc) is 2.91. The molecule has 1 rings (SSSR count). The van der Waals surface area contributed by atoms with Crippen LogP contribution in [-0.4, -0.2) is 12.2 Å². The molecule has 1 aliphatic rings. The van der Waals surface area contributed by atoms with E-state index >= 15 is 0 Å². The van der Waals surface area contributed by atoms with Gasteiger partial charge in [0.05, 0.1) is 12.2 Å². The number of terminal acetylenes is 1. The van der Waals surface area contributed by atoms with Crippen LogP contribution in [-0.2, 0) is 4.74 Å². The fourth-order valence-corrected chi connectivity index (χ4v) is 1.85. The Morgan fingerprint density at radius 1 is 1.07 bits per heavy atom. The van der Waals surface area contributed by atoms with E-state index in [1.54, 1.807) is 0 Å². The van der Waals surface area contributed by atoms with Gasteiger partial charge in [-0.05, 0) is 6.42 Å². The summed E-state index contributed by atoms with van der Waals surface area (Å²) in [6.07, 6.45) is 16.3. The molecule has 1 nitrogen and oxygen atoms in total. The minimum atomic E-state index is 0.399. The van der Waals surface area contributed by atoms with Gasteiger partial charge < -0.3 is 4.74 Å². The summed E-state index contributed by atoms with van der Waals surface area (Å²) in [5.74, 6) is 2.65. The molecule has 0 amide bonds. The molecule has 0 aromatic heterocycles. The predicted molar refractivity (Wildman–Crippen MR) is 60.1 cm³/mol. The smallest absolute Gasteiger partial charge is 0.0950 e. The van der Waals surface area contributed by atoms with Gasteiger partial charge in [0.1, 0.15) is 0 Å². The summed E-state index contributed by atoms with van der Waals surface area (Å²) in [4.78, 5) is 0. The maximum absolute atomic E-state index is 5.44. The van der Waals surface area contributed by atoms with Crippen molar-refractivity contribution in [3.8, 4) is 12.3 Å². The van der Waals surface area contributed by atoms with Gasteiger partial charge >= 0.3 is 0 Å². The fraction of sp³-hybridized carbons (Fsp3) is 0.846. The molecule has 1 aliphatic heterocycles. The molecule has 14 heavy (non-hydrogen) atoms. The Kier molecular flexibility index (Phi) is 5.71. The molecule has 0 spiro atoms. The van der Waals surface area contributed by atoms with E-state index in [2.05, 4.69) is 12.8 Å². The van der Waals surface area contributed by atoms with Crippen LogP contribution in [0.5, 0.6) is 0 Å². The van der Waals surface area contributed by atoms with Crippen LogP contribution < -0.4 is 0 Å². The number of ether oxygens (including phenoxy) is 1. The van der Waals surface area contributed by atoms with Crippen LogP contribution in [0.3, 0.4) is 0 Å². The number of hydrogen-bond acceptors (Lipinski definition) is 1. The van der Waals surface area contributed by atoms with Gasteiger partial charge in [-0.2, -0.15) is 0 Å². The third-order valence-electron chi connectivity index (χ3n) is 2.85. The van der Waals surface area contributed by atoms with Crippen molar-refractivity contribution in [1.29, 1.82) is 0 Å². The van der Waals surface area contributed by atoms with E-state index in [-0.39, 0.29) is 0 Å². The normalized spacial score (nSPS) is 24.6. The molecular weight excluding hydrogens is 172 g/mol. The molecule has 80 valence electrons. The first kappa shape index (κ1) is 11.6. The summed E-state index contributed by atoms with van der Waals surface area (Å²) in [5, 5.41) is 0. The third kappa shape index (κ3) is 4.67. The van der Waals surface area contributed by atoms with E-state index in [9.17, 15) is 0 Å². The average molecular weight is 194 g/mol. The second-order valence-corrected chi connectivity index (χ2v) is 4.18. The summed E-state index contributed by atoms with van der Waals surface area (Å²) in [6.45, 7) is 2.25. The highest BCUT2D eigenvalue weighted by atomic mass is 16.6. The number of rotatable bonds is 8. The fourth-order valence-electron chi connectivity index (χ4n) is 1.85. The van der Waals surface area contributed by atoms with Crippen LogP contribution in [0.4, 0.5) is 0 Å². The predicted octanol–water partition coefficient (Wildman–Crippen LogP) is 3.53. The third-order valence-corrected chi connectivity index (χ3v) is 2.85. The molecule has 0 unspecified atom stereocenters. The lowest BCUT2D eigenvalue weighted by Crippen LogP contribution is -1.92. The van der Waals surface area contributed by atoms with Crippen LogP contribution in [0.25, 0.3) is 0 Å². The SMILES string of the molecule is C#CC[C@@H]1O[C@@H]1CCCCCCCC. The molecule has 1 heteroatoms. The molecule has 0 N–H and O–H groups in total. The van der Waals surface area contributed by atoms with Crippen molar-refractivity contribution in [3.63, 3.8) is 0 Å². The van der Waals surface area contributed by atoms with E-state index in [0.717, 1.165) is 6.42 Å². The quantitative estimate of drug-likeness (QED) is 0.327. The second kappa shape index (κ2) is 6.90. The number of hydrogen-bond donors (Lipinski definition) is 0. The van der Waals surface area contributed by atoms with Gasteiger partial charge in [0.15, 0.2) is 0 Å². The van der Waals surface area contributed by atoms with Crippen LogP contribution in [0.15, 0.2) is 0 Å². The Labute approximate surface area is 88.2 Å². The molecule has 0 aromatic carbocycles. The maximum Gasteiger partial charge on any atom is 0.0950 e. The van der Waals surface area contributed by atoms with E-state index in [1.165, 1.54) is 44.9 Å². The Morgan fingerprint density at radius 2 is 1.79 bits per heavy atom. The van der Waals surface area contributed by atoms with Gasteiger partial charge in [-0.15, -0.1) is 12.3 Å². The second-order valence-electron chi connectivity index (χ2n) is 4.18. The van der Waals surface area contributed by atoms with Gasteiger partial charge in [0, 0.05) is 6.42 Å². The van der Waals surface area contributed by atoms with E-state index < -0.39 is 0 Å². The highest BCUT2D eigenvalue weighted by Crippen LogP contribution is 2.29. The van der Waals surface area contributed by atoms with Gasteiger partial charge in [-0.1, -0.05) is 45.4 Å². The van der Waals surface area contributed by atoms with Crippen LogP contribution in [0, 0.1) is 12.3 Å². The zero-order valence-electron chi connectivity index (χ0n) is 9.30. The number of unbranched alkanes of at least 4 members (excludes halogenated alkanes) is 5. The zero-order valence-corrected chi connectivity index (χ0v) is 9.30. The first-order chi connectivity index (χ1) is 6.88. The summed E-state index contributed by atoms with van der Waals surface area (Å²) in [6, 6.07) is 0. The highest BCUT2D eigenvalue weighted by molar-refractivity contribution is 4.96. The van der Waals surface area contributed by atoms with Crippen molar-refractivity contribution in [3.05, 3.63) is 0 Å². The topological polar surface area (TPSA) is 12.5 Å². The molecule has 1 heterocycles. The molecular formula is C13H22O. The van der Waals surface area contributed by atoms with Gasteiger partial charge in [0.25, 0.3) is 0 Å². The Morgan fingerprint density at radius 3 is 2.50 bits per heavy atom. The van der Waals surface area contributed by atoms with Crippen LogP contribution in [0.1, 0.15) is 58.3 Å². The maximum atomic E-state index is 5.44. The van der Waals surface area contributed by atoms with Crippen molar-refractivity contribution in [2.45, 2.75) is 70.5 Å². The number of epoxide rings is 1. The van der Waals surface area contributed by atoms with Crippen molar-refractivity contribution in [2.75, 3.05) is 0 Å². The molecule has 1 saturated heterocycles. The van der Waals surface area contributed by atoms with E-state index in [1.807, 2.05) is 0 Å². The van der Waals surface area contributed by atoms with Crippen molar-refractivity contribution in [2.24, 2.45) is 0 Å². The summed E-state index contributed by atoms with van der Waals surface area (Å²) in [7, 11) is 0. The summed E-state index contributed by atoms with van der Waals surface area (Å²) >= 11 is 0. The van der Waals surface area contributed by atoms with Crippen molar-refractivity contribution >= 4 is 0 Å². The van der Waals surface area contributed by atoms with Crippen molar-refractivity contribution < 1.29 is 4.74 Å². The standard InChI is InChI=1S/C13H22O/c1-3-5-6-7-8-9-11-13-12(14-13)10-4-2/h2,12-13H,3,5-11H2,1H3/t12-,13+/m0/s1. The molecule has 0 aliphatic carbocycles. The summed E-state index contributed by atoms with van der Waals surface area (Å²) < 4.78 is 5.44. The van der Waals surface area contributed by atoms with E-state index in [0.29, 0.717) is 12.2 Å². The minimum Gasteiger partial charge on any atom is -0.369 e. The van der Waals surface area contributed by atoms with Crippen LogP contribution in [0.2, 0.25) is 0 Å². The van der Waals surface area contributed by atoms with Gasteiger partial charge in [-0.25, -0.2) is 0 Å².